The van der Waals surface area contributed by atoms with Crippen LogP contribution in [-0.2, 0) is 6.42 Å². The Hall–Kier alpha value is -1.35. The summed E-state index contributed by atoms with van der Waals surface area (Å²) in [6.07, 6.45) is 0.966. The highest BCUT2D eigenvalue weighted by Crippen LogP contribution is 2.20. The van der Waals surface area contributed by atoms with E-state index in [1.807, 2.05) is 39.8 Å². The van der Waals surface area contributed by atoms with E-state index in [4.69, 9.17) is 5.21 Å². The van der Waals surface area contributed by atoms with Gasteiger partial charge >= 0.3 is 0 Å². The van der Waals surface area contributed by atoms with Crippen molar-refractivity contribution < 1.29 is 10.0 Å². The van der Waals surface area contributed by atoms with Gasteiger partial charge in [0.15, 0.2) is 0 Å². The summed E-state index contributed by atoms with van der Waals surface area (Å²) in [7, 11) is 0. The zero-order chi connectivity index (χ0) is 15.5. The molecule has 1 rings (SSSR count). The molecule has 0 aliphatic heterocycles. The summed E-state index contributed by atoms with van der Waals surface area (Å²) in [4.78, 5) is 11.0. The lowest BCUT2D eigenvalue weighted by Gasteiger charge is -2.18. The molecule has 0 atom stereocenters. The first kappa shape index (κ1) is 20.0. The fourth-order valence-electron chi connectivity index (χ4n) is 1.45. The van der Waals surface area contributed by atoms with Crippen LogP contribution in [0, 0.1) is 5.41 Å². The van der Waals surface area contributed by atoms with Gasteiger partial charge < -0.3 is 0 Å². The Kier molecular flexibility index (Phi) is 11.1. The summed E-state index contributed by atoms with van der Waals surface area (Å²) in [5.41, 5.74) is 3.51. The average molecular weight is 267 g/mol. The van der Waals surface area contributed by atoms with Crippen molar-refractivity contribution in [3.05, 3.63) is 35.4 Å². The van der Waals surface area contributed by atoms with Crippen LogP contribution >= 0.6 is 0 Å². The molecule has 110 valence electrons. The van der Waals surface area contributed by atoms with Crippen LogP contribution in [0.1, 0.15) is 64.4 Å². The van der Waals surface area contributed by atoms with Crippen LogP contribution in [-0.4, -0.2) is 11.1 Å². The number of hydroxylamine groups is 1. The number of nitrogens with one attached hydrogen (secondary N) is 1. The number of benzene rings is 1. The third kappa shape index (κ3) is 9.25. The summed E-state index contributed by atoms with van der Waals surface area (Å²) in [5.74, 6) is -0.475. The molecule has 3 heteroatoms. The molecular formula is C16H29NO2. The van der Waals surface area contributed by atoms with Crippen LogP contribution in [0.4, 0.5) is 0 Å². The lowest BCUT2D eigenvalue weighted by Crippen LogP contribution is -2.18. The zero-order valence-corrected chi connectivity index (χ0v) is 13.4. The van der Waals surface area contributed by atoms with Gasteiger partial charge in [0.25, 0.3) is 5.91 Å². The molecule has 0 aromatic heterocycles. The molecule has 0 saturated heterocycles. The van der Waals surface area contributed by atoms with Crippen LogP contribution in [0.15, 0.2) is 24.3 Å². The van der Waals surface area contributed by atoms with E-state index in [-0.39, 0.29) is 5.41 Å². The number of rotatable bonds is 2. The molecule has 2 N–H and O–H groups in total. The minimum absolute atomic E-state index is 0.237. The SMILES string of the molecule is CC.CC.CC(C)(C)Cc1ccc(C(=O)NO)cc1. The van der Waals surface area contributed by atoms with Crippen molar-refractivity contribution in [1.29, 1.82) is 0 Å². The molecule has 0 aliphatic carbocycles. The smallest absolute Gasteiger partial charge is 0.274 e. The highest BCUT2D eigenvalue weighted by molar-refractivity contribution is 5.93. The first-order chi connectivity index (χ1) is 8.92. The van der Waals surface area contributed by atoms with Crippen LogP contribution in [0.5, 0.6) is 0 Å². The van der Waals surface area contributed by atoms with E-state index in [2.05, 4.69) is 20.8 Å². The van der Waals surface area contributed by atoms with Gasteiger partial charge in [-0.1, -0.05) is 60.6 Å². The van der Waals surface area contributed by atoms with Gasteiger partial charge in [0.2, 0.25) is 0 Å². The first-order valence-electron chi connectivity index (χ1n) is 6.96. The van der Waals surface area contributed by atoms with Crippen LogP contribution in [0.3, 0.4) is 0 Å². The summed E-state index contributed by atoms with van der Waals surface area (Å²) in [6.45, 7) is 14.5. The zero-order valence-electron chi connectivity index (χ0n) is 13.4. The van der Waals surface area contributed by atoms with E-state index in [0.29, 0.717) is 5.56 Å². The Balaban J connectivity index is 0. The molecule has 0 spiro atoms. The highest BCUT2D eigenvalue weighted by atomic mass is 16.5. The van der Waals surface area contributed by atoms with E-state index in [9.17, 15) is 4.79 Å². The lowest BCUT2D eigenvalue weighted by atomic mass is 9.88. The molecule has 1 aromatic rings. The van der Waals surface area contributed by atoms with Crippen molar-refractivity contribution in [3.63, 3.8) is 0 Å². The largest absolute Gasteiger partial charge is 0.288 e. The second kappa shape index (κ2) is 10.6. The fourth-order valence-corrected chi connectivity index (χ4v) is 1.45. The van der Waals surface area contributed by atoms with Crippen LogP contribution in [0.25, 0.3) is 0 Å². The minimum Gasteiger partial charge on any atom is -0.288 e. The van der Waals surface area contributed by atoms with Gasteiger partial charge in [-0.2, -0.15) is 0 Å². The predicted octanol–water partition coefficient (Wildman–Crippen LogP) is 4.45. The normalized spacial score (nSPS) is 9.47. The Bertz CT molecular complexity index is 337. The maximum absolute atomic E-state index is 11.0. The molecule has 0 aliphatic rings. The number of amides is 1. The molecule has 3 nitrogen and oxygen atoms in total. The average Bonchev–Trinajstić information content (AvgIpc) is 2.41. The summed E-state index contributed by atoms with van der Waals surface area (Å²) < 4.78 is 0. The van der Waals surface area contributed by atoms with Gasteiger partial charge in [0.05, 0.1) is 0 Å². The van der Waals surface area contributed by atoms with Crippen molar-refractivity contribution in [1.82, 2.24) is 5.48 Å². The third-order valence-electron chi connectivity index (χ3n) is 2.05. The van der Waals surface area contributed by atoms with E-state index >= 15 is 0 Å². The summed E-state index contributed by atoms with van der Waals surface area (Å²) in [5, 5.41) is 8.44. The Morgan fingerprint density at radius 2 is 1.47 bits per heavy atom. The minimum atomic E-state index is -0.475. The van der Waals surface area contributed by atoms with Crippen molar-refractivity contribution >= 4 is 5.91 Å². The lowest BCUT2D eigenvalue weighted by molar-refractivity contribution is 0.0706. The van der Waals surface area contributed by atoms with Crippen molar-refractivity contribution in [2.75, 3.05) is 0 Å². The van der Waals surface area contributed by atoms with Crippen molar-refractivity contribution in [2.24, 2.45) is 5.41 Å². The molecule has 0 heterocycles. The van der Waals surface area contributed by atoms with E-state index in [0.717, 1.165) is 6.42 Å². The second-order valence-electron chi connectivity index (χ2n) is 4.88. The van der Waals surface area contributed by atoms with Gasteiger partial charge in [0, 0.05) is 5.56 Å². The van der Waals surface area contributed by atoms with Crippen molar-refractivity contribution in [2.45, 2.75) is 54.9 Å². The van der Waals surface area contributed by atoms with Gasteiger partial charge in [-0.25, -0.2) is 5.48 Å². The maximum Gasteiger partial charge on any atom is 0.274 e. The van der Waals surface area contributed by atoms with Gasteiger partial charge in [-0.05, 0) is 29.5 Å². The third-order valence-corrected chi connectivity index (χ3v) is 2.05. The Morgan fingerprint density at radius 3 is 1.79 bits per heavy atom. The molecule has 0 unspecified atom stereocenters. The van der Waals surface area contributed by atoms with E-state index in [1.165, 1.54) is 5.56 Å². The molecule has 1 aromatic carbocycles. The Labute approximate surface area is 118 Å². The molecule has 19 heavy (non-hydrogen) atoms. The fraction of sp³-hybridized carbons (Fsp3) is 0.562. The number of hydrogen-bond acceptors (Lipinski definition) is 2. The molecule has 0 bridgehead atoms. The Morgan fingerprint density at radius 1 is 1.05 bits per heavy atom. The van der Waals surface area contributed by atoms with Crippen LogP contribution < -0.4 is 5.48 Å². The topological polar surface area (TPSA) is 49.3 Å². The molecule has 0 fully saturated rings. The van der Waals surface area contributed by atoms with Crippen LogP contribution in [0.2, 0.25) is 0 Å². The molecular weight excluding hydrogens is 238 g/mol. The summed E-state index contributed by atoms with van der Waals surface area (Å²) in [6, 6.07) is 7.25. The second-order valence-corrected chi connectivity index (χ2v) is 4.88. The number of carbonyl (C=O) groups is 1. The summed E-state index contributed by atoms with van der Waals surface area (Å²) >= 11 is 0. The van der Waals surface area contributed by atoms with Crippen molar-refractivity contribution in [3.8, 4) is 0 Å². The molecule has 1 amide bonds. The van der Waals surface area contributed by atoms with E-state index < -0.39 is 5.91 Å². The predicted molar refractivity (Wildman–Crippen MR) is 81.5 cm³/mol. The van der Waals surface area contributed by atoms with E-state index in [1.54, 1.807) is 17.6 Å². The monoisotopic (exact) mass is 267 g/mol. The molecule has 0 saturated carbocycles. The standard InChI is InChI=1S/C12H17NO2.2C2H6/c1-12(2,3)8-9-4-6-10(7-5-9)11(14)13-15;2*1-2/h4-7,15H,8H2,1-3H3,(H,13,14);2*1-2H3. The quantitative estimate of drug-likeness (QED) is 0.614. The number of hydrogen-bond donors (Lipinski definition) is 2. The van der Waals surface area contributed by atoms with Gasteiger partial charge in [0.1, 0.15) is 0 Å². The highest BCUT2D eigenvalue weighted by Gasteiger charge is 2.11. The van der Waals surface area contributed by atoms with Gasteiger partial charge in [-0.15, -0.1) is 0 Å². The van der Waals surface area contributed by atoms with Gasteiger partial charge in [-0.3, -0.25) is 10.0 Å². The maximum atomic E-state index is 11.0. The first-order valence-corrected chi connectivity index (χ1v) is 6.96. The number of carbonyl (C=O) groups excluding carboxylic acids is 1. The molecule has 0 radical (unpaired) electrons.